The number of amides is 1. The molecule has 0 spiro atoms. The molecule has 0 aliphatic heterocycles. The number of carbonyl (C=O) groups excluding carboxylic acids is 1. The third kappa shape index (κ3) is 3.97. The molecule has 5 heteroatoms. The summed E-state index contributed by atoms with van der Waals surface area (Å²) in [5.41, 5.74) is 1.13. The van der Waals surface area contributed by atoms with Gasteiger partial charge in [0.25, 0.3) is 0 Å². The number of carbonyl (C=O) groups is 1. The van der Waals surface area contributed by atoms with E-state index in [0.29, 0.717) is 11.3 Å². The van der Waals surface area contributed by atoms with Gasteiger partial charge in [0.2, 0.25) is 5.91 Å². The van der Waals surface area contributed by atoms with Crippen LogP contribution >= 0.6 is 0 Å². The number of halogens is 3. The molecule has 2 nitrogen and oxygen atoms in total. The van der Waals surface area contributed by atoms with Gasteiger partial charge in [-0.15, -0.1) is 0 Å². The van der Waals surface area contributed by atoms with Gasteiger partial charge in [-0.05, 0) is 35.8 Å². The predicted molar refractivity (Wildman–Crippen MR) is 79.5 cm³/mol. The van der Waals surface area contributed by atoms with E-state index < -0.39 is 11.7 Å². The van der Waals surface area contributed by atoms with Crippen molar-refractivity contribution in [1.29, 1.82) is 0 Å². The first-order chi connectivity index (χ1) is 10.4. The molecule has 0 bridgehead atoms. The van der Waals surface area contributed by atoms with Crippen LogP contribution in [0.3, 0.4) is 0 Å². The molecule has 0 radical (unpaired) electrons. The number of hydrogen-bond acceptors (Lipinski definition) is 1. The monoisotopic (exact) mass is 305 g/mol. The van der Waals surface area contributed by atoms with Gasteiger partial charge >= 0.3 is 6.18 Å². The zero-order valence-electron chi connectivity index (χ0n) is 11.7. The number of rotatable bonds is 4. The predicted octanol–water partition coefficient (Wildman–Crippen LogP) is 4.42. The number of nitrogens with one attached hydrogen (secondary N) is 1. The molecule has 2 rings (SSSR count). The highest BCUT2D eigenvalue weighted by Gasteiger charge is 2.30. The Morgan fingerprint density at radius 2 is 1.86 bits per heavy atom. The first kappa shape index (κ1) is 15.8. The van der Waals surface area contributed by atoms with E-state index in [2.05, 4.69) is 11.9 Å². The smallest absolute Gasteiger partial charge is 0.322 e. The molecule has 0 heterocycles. The minimum atomic E-state index is -4.37. The number of alkyl halides is 3. The van der Waals surface area contributed by atoms with E-state index in [4.69, 9.17) is 0 Å². The number of hydrogen-bond donors (Lipinski definition) is 1. The van der Waals surface area contributed by atoms with E-state index in [-0.39, 0.29) is 12.3 Å². The lowest BCUT2D eigenvalue weighted by Gasteiger charge is -2.12. The van der Waals surface area contributed by atoms with Crippen molar-refractivity contribution in [3.05, 3.63) is 77.9 Å². The SMILES string of the molecule is C=CC(=O)Nc1ccccc1Cc1cccc(C(F)(F)F)c1. The second-order valence-electron chi connectivity index (χ2n) is 4.73. The van der Waals surface area contributed by atoms with E-state index in [1.54, 1.807) is 30.3 Å². The zero-order valence-corrected chi connectivity index (χ0v) is 11.7. The lowest BCUT2D eigenvalue weighted by atomic mass is 10.0. The Balaban J connectivity index is 2.28. The molecule has 2 aromatic rings. The number of benzene rings is 2. The number of anilines is 1. The fourth-order valence-electron chi connectivity index (χ4n) is 2.06. The fourth-order valence-corrected chi connectivity index (χ4v) is 2.06. The topological polar surface area (TPSA) is 29.1 Å². The Morgan fingerprint density at radius 1 is 1.14 bits per heavy atom. The van der Waals surface area contributed by atoms with Gasteiger partial charge < -0.3 is 5.32 Å². The highest BCUT2D eigenvalue weighted by molar-refractivity contribution is 5.99. The molecule has 22 heavy (non-hydrogen) atoms. The van der Waals surface area contributed by atoms with Crippen molar-refractivity contribution in [3.8, 4) is 0 Å². The van der Waals surface area contributed by atoms with Crippen molar-refractivity contribution in [2.24, 2.45) is 0 Å². The van der Waals surface area contributed by atoms with Crippen LogP contribution in [0.5, 0.6) is 0 Å². The summed E-state index contributed by atoms with van der Waals surface area (Å²) in [5, 5.41) is 2.65. The van der Waals surface area contributed by atoms with E-state index in [9.17, 15) is 18.0 Å². The summed E-state index contributed by atoms with van der Waals surface area (Å²) in [6.45, 7) is 3.37. The minimum absolute atomic E-state index is 0.289. The Morgan fingerprint density at radius 3 is 2.55 bits per heavy atom. The highest BCUT2D eigenvalue weighted by atomic mass is 19.4. The van der Waals surface area contributed by atoms with Crippen LogP contribution in [0.25, 0.3) is 0 Å². The normalized spacial score (nSPS) is 11.0. The maximum absolute atomic E-state index is 12.7. The molecular formula is C17H14F3NO. The summed E-state index contributed by atoms with van der Waals surface area (Å²) >= 11 is 0. The van der Waals surface area contributed by atoms with Crippen LogP contribution in [0.15, 0.2) is 61.2 Å². The first-order valence-electron chi connectivity index (χ1n) is 6.57. The van der Waals surface area contributed by atoms with Gasteiger partial charge in [0.1, 0.15) is 0 Å². The van der Waals surface area contributed by atoms with Crippen molar-refractivity contribution in [1.82, 2.24) is 0 Å². The second-order valence-corrected chi connectivity index (χ2v) is 4.73. The molecule has 1 amide bonds. The third-order valence-corrected chi connectivity index (χ3v) is 3.11. The number of para-hydroxylation sites is 1. The summed E-state index contributed by atoms with van der Waals surface area (Å²) in [6, 6.07) is 12.1. The van der Waals surface area contributed by atoms with Gasteiger partial charge in [-0.3, -0.25) is 4.79 Å². The molecule has 0 fully saturated rings. The van der Waals surface area contributed by atoms with Gasteiger partial charge in [-0.2, -0.15) is 13.2 Å². The Hall–Kier alpha value is -2.56. The van der Waals surface area contributed by atoms with Crippen LogP contribution in [0.1, 0.15) is 16.7 Å². The third-order valence-electron chi connectivity index (χ3n) is 3.11. The lowest BCUT2D eigenvalue weighted by Crippen LogP contribution is -2.10. The molecule has 0 saturated carbocycles. The van der Waals surface area contributed by atoms with E-state index in [1.807, 2.05) is 0 Å². The average Bonchev–Trinajstić information content (AvgIpc) is 2.48. The quantitative estimate of drug-likeness (QED) is 0.832. The molecule has 114 valence electrons. The van der Waals surface area contributed by atoms with Gasteiger partial charge in [0.15, 0.2) is 0 Å². The van der Waals surface area contributed by atoms with Gasteiger partial charge in [0, 0.05) is 5.69 Å². The summed E-state index contributed by atoms with van der Waals surface area (Å²) in [7, 11) is 0. The lowest BCUT2D eigenvalue weighted by molar-refractivity contribution is -0.137. The van der Waals surface area contributed by atoms with Crippen molar-refractivity contribution in [2.45, 2.75) is 12.6 Å². The minimum Gasteiger partial charge on any atom is -0.322 e. The second kappa shape index (κ2) is 6.47. The van der Waals surface area contributed by atoms with Crippen molar-refractivity contribution in [2.75, 3.05) is 5.32 Å². The molecular weight excluding hydrogens is 291 g/mol. The van der Waals surface area contributed by atoms with E-state index in [1.165, 1.54) is 6.07 Å². The Kier molecular flexibility index (Phi) is 4.65. The Labute approximate surface area is 126 Å². The van der Waals surface area contributed by atoms with Gasteiger partial charge in [-0.25, -0.2) is 0 Å². The zero-order chi connectivity index (χ0) is 16.2. The van der Waals surface area contributed by atoms with Gasteiger partial charge in [0.05, 0.1) is 5.56 Å². The van der Waals surface area contributed by atoms with Crippen LogP contribution in [0.4, 0.5) is 18.9 Å². The van der Waals surface area contributed by atoms with Crippen LogP contribution in [-0.2, 0) is 17.4 Å². The molecule has 0 atom stereocenters. The molecule has 0 aromatic heterocycles. The maximum atomic E-state index is 12.7. The van der Waals surface area contributed by atoms with Crippen LogP contribution in [-0.4, -0.2) is 5.91 Å². The van der Waals surface area contributed by atoms with Crippen LogP contribution < -0.4 is 5.32 Å². The van der Waals surface area contributed by atoms with Crippen LogP contribution in [0, 0.1) is 0 Å². The van der Waals surface area contributed by atoms with Crippen molar-refractivity contribution < 1.29 is 18.0 Å². The average molecular weight is 305 g/mol. The molecule has 0 aliphatic carbocycles. The molecule has 2 aromatic carbocycles. The van der Waals surface area contributed by atoms with Crippen LogP contribution in [0.2, 0.25) is 0 Å². The highest BCUT2D eigenvalue weighted by Crippen LogP contribution is 2.30. The summed E-state index contributed by atoms with van der Waals surface area (Å²) in [6.07, 6.45) is -2.94. The molecule has 0 aliphatic rings. The Bertz CT molecular complexity index is 692. The van der Waals surface area contributed by atoms with Gasteiger partial charge in [-0.1, -0.05) is 43.0 Å². The molecule has 0 unspecified atom stereocenters. The molecule has 1 N–H and O–H groups in total. The summed E-state index contributed by atoms with van der Waals surface area (Å²) in [4.78, 5) is 11.4. The molecule has 0 saturated heterocycles. The van der Waals surface area contributed by atoms with Crippen molar-refractivity contribution >= 4 is 11.6 Å². The van der Waals surface area contributed by atoms with E-state index >= 15 is 0 Å². The standard InChI is InChI=1S/C17H14F3NO/c1-2-16(22)21-15-9-4-3-7-13(15)10-12-6-5-8-14(11-12)17(18,19)20/h2-9,11H,1,10H2,(H,21,22). The summed E-state index contributed by atoms with van der Waals surface area (Å²) < 4.78 is 38.2. The maximum Gasteiger partial charge on any atom is 0.416 e. The van der Waals surface area contributed by atoms with E-state index in [0.717, 1.165) is 23.8 Å². The fraction of sp³-hybridized carbons (Fsp3) is 0.118. The summed E-state index contributed by atoms with van der Waals surface area (Å²) in [5.74, 6) is -0.364. The largest absolute Gasteiger partial charge is 0.416 e. The van der Waals surface area contributed by atoms with Crippen molar-refractivity contribution in [3.63, 3.8) is 0 Å². The first-order valence-corrected chi connectivity index (χ1v) is 6.57.